The van der Waals surface area contributed by atoms with Crippen molar-refractivity contribution >= 4 is 40.6 Å². The number of hydrogen-bond acceptors (Lipinski definition) is 7. The minimum absolute atomic E-state index is 0.204. The fourth-order valence-corrected chi connectivity index (χ4v) is 6.77. The molecule has 1 N–H and O–H groups in total. The van der Waals surface area contributed by atoms with Crippen molar-refractivity contribution in [3.05, 3.63) is 68.6 Å². The van der Waals surface area contributed by atoms with E-state index in [0.717, 1.165) is 21.8 Å². The van der Waals surface area contributed by atoms with Crippen LogP contribution in [0.2, 0.25) is 0 Å². The maximum absolute atomic E-state index is 13.6. The summed E-state index contributed by atoms with van der Waals surface area (Å²) in [5.74, 6) is -0.414. The molecule has 1 saturated heterocycles. The molecule has 3 atom stereocenters. The first-order chi connectivity index (χ1) is 15.0. The number of carbonyl (C=O) groups excluding carboxylic acids is 2. The van der Waals surface area contributed by atoms with Crippen LogP contribution in [0.1, 0.15) is 16.4 Å². The molecule has 0 bridgehead atoms. The number of methoxy groups -OCH3 is 2. The third kappa shape index (κ3) is 3.07. The molecule has 2 aliphatic heterocycles. The molecule has 0 radical (unpaired) electrons. The summed E-state index contributed by atoms with van der Waals surface area (Å²) in [7, 11) is 3.13. The van der Waals surface area contributed by atoms with E-state index < -0.39 is 17.1 Å². The van der Waals surface area contributed by atoms with Gasteiger partial charge in [-0.05, 0) is 30.3 Å². The monoisotopic (exact) mass is 454 g/mol. The van der Waals surface area contributed by atoms with E-state index in [1.807, 2.05) is 24.3 Å². The summed E-state index contributed by atoms with van der Waals surface area (Å²) in [4.78, 5) is 43.8. The number of rotatable bonds is 4. The van der Waals surface area contributed by atoms with E-state index in [4.69, 9.17) is 9.47 Å². The second-order valence-electron chi connectivity index (χ2n) is 7.20. The van der Waals surface area contributed by atoms with Crippen molar-refractivity contribution in [2.75, 3.05) is 19.1 Å². The van der Waals surface area contributed by atoms with E-state index in [-0.39, 0.29) is 16.7 Å². The zero-order valence-corrected chi connectivity index (χ0v) is 18.3. The molecule has 1 aromatic heterocycles. The van der Waals surface area contributed by atoms with Crippen LogP contribution in [0.3, 0.4) is 0 Å². The van der Waals surface area contributed by atoms with Crippen LogP contribution in [0.25, 0.3) is 0 Å². The number of thiazole rings is 1. The zero-order valence-electron chi connectivity index (χ0n) is 16.7. The van der Waals surface area contributed by atoms with Crippen molar-refractivity contribution in [2.45, 2.75) is 16.2 Å². The van der Waals surface area contributed by atoms with Gasteiger partial charge in [-0.3, -0.25) is 14.4 Å². The van der Waals surface area contributed by atoms with E-state index in [2.05, 4.69) is 4.98 Å². The molecule has 2 aromatic carbocycles. The molecule has 1 fully saturated rings. The number of anilines is 1. The molecule has 3 aromatic rings. The summed E-state index contributed by atoms with van der Waals surface area (Å²) in [6, 6.07) is 14.3. The summed E-state index contributed by atoms with van der Waals surface area (Å²) < 4.78 is 10.7. The SMILES string of the molecule is COc1ccc(N2C(=O)C3Sc4[nH]c(=O)sc4[C@H](c4ccccc4OC)C3C2=O)cc1. The third-order valence-corrected chi connectivity index (χ3v) is 8.03. The average Bonchev–Trinajstić information content (AvgIpc) is 3.28. The van der Waals surface area contributed by atoms with Gasteiger partial charge in [-0.2, -0.15) is 0 Å². The number of thioether (sulfide) groups is 1. The van der Waals surface area contributed by atoms with E-state index in [0.29, 0.717) is 22.2 Å². The number of amides is 2. The highest BCUT2D eigenvalue weighted by Crippen LogP contribution is 2.54. The van der Waals surface area contributed by atoms with Gasteiger partial charge in [0.25, 0.3) is 0 Å². The van der Waals surface area contributed by atoms with Crippen molar-refractivity contribution in [1.29, 1.82) is 0 Å². The van der Waals surface area contributed by atoms with Crippen LogP contribution in [0, 0.1) is 5.92 Å². The Bertz CT molecular complexity index is 1230. The predicted molar refractivity (Wildman–Crippen MR) is 118 cm³/mol. The molecule has 3 heterocycles. The van der Waals surface area contributed by atoms with E-state index in [1.54, 1.807) is 38.5 Å². The molecule has 0 aliphatic carbocycles. The standard InChI is InChI=1S/C22H18N2O5S2/c1-28-12-9-7-11(8-10-12)24-20(25)16-15(13-5-3-4-6-14(13)29-2)17-19(23-22(27)31-17)30-18(16)21(24)26/h3-10,15-16,18H,1-2H3,(H,23,27)/t15-,16?,18?/m1/s1. The molecule has 9 heteroatoms. The number of aromatic nitrogens is 1. The Morgan fingerprint density at radius 3 is 2.39 bits per heavy atom. The fraction of sp³-hybridized carbons (Fsp3) is 0.227. The number of imide groups is 1. The van der Waals surface area contributed by atoms with Crippen molar-refractivity contribution in [1.82, 2.24) is 4.98 Å². The smallest absolute Gasteiger partial charge is 0.305 e. The molecule has 2 amide bonds. The number of H-pyrrole nitrogens is 1. The Labute approximate surface area is 186 Å². The van der Waals surface area contributed by atoms with Gasteiger partial charge in [-0.15, -0.1) is 0 Å². The van der Waals surface area contributed by atoms with Gasteiger partial charge in [0, 0.05) is 16.4 Å². The Morgan fingerprint density at radius 2 is 1.68 bits per heavy atom. The minimum Gasteiger partial charge on any atom is -0.497 e. The topological polar surface area (TPSA) is 88.7 Å². The Kier molecular flexibility index (Phi) is 4.86. The normalized spacial score (nSPS) is 22.3. The van der Waals surface area contributed by atoms with Crippen LogP contribution in [0.4, 0.5) is 5.69 Å². The molecule has 7 nitrogen and oxygen atoms in total. The van der Waals surface area contributed by atoms with Crippen molar-refractivity contribution in [3.63, 3.8) is 0 Å². The number of benzene rings is 2. The number of para-hydroxylation sites is 1. The summed E-state index contributed by atoms with van der Waals surface area (Å²) in [6.07, 6.45) is 0. The summed E-state index contributed by atoms with van der Waals surface area (Å²) in [6.45, 7) is 0. The number of carbonyl (C=O) groups is 2. The zero-order chi connectivity index (χ0) is 21.7. The molecular formula is C22H18N2O5S2. The van der Waals surface area contributed by atoms with Crippen LogP contribution >= 0.6 is 23.1 Å². The second-order valence-corrected chi connectivity index (χ2v) is 9.37. The third-order valence-electron chi connectivity index (χ3n) is 5.63. The molecule has 0 saturated carbocycles. The maximum atomic E-state index is 13.6. The largest absolute Gasteiger partial charge is 0.497 e. The van der Waals surface area contributed by atoms with E-state index >= 15 is 0 Å². The highest BCUT2D eigenvalue weighted by molar-refractivity contribution is 8.00. The fourth-order valence-electron chi connectivity index (χ4n) is 4.26. The minimum atomic E-state index is -0.644. The predicted octanol–water partition coefficient (Wildman–Crippen LogP) is 3.25. The molecule has 2 unspecified atom stereocenters. The van der Waals surface area contributed by atoms with Crippen LogP contribution in [0.5, 0.6) is 11.5 Å². The molecule has 158 valence electrons. The molecule has 0 spiro atoms. The highest BCUT2D eigenvalue weighted by Gasteiger charge is 2.56. The Hall–Kier alpha value is -3.04. The van der Waals surface area contributed by atoms with Crippen LogP contribution in [0.15, 0.2) is 58.4 Å². The maximum Gasteiger partial charge on any atom is 0.305 e. The molecule has 2 aliphatic rings. The Balaban J connectivity index is 1.65. The number of nitrogens with zero attached hydrogens (tertiary/aromatic N) is 1. The van der Waals surface area contributed by atoms with Gasteiger partial charge in [0.1, 0.15) is 16.7 Å². The van der Waals surface area contributed by atoms with E-state index in [9.17, 15) is 14.4 Å². The first kappa shape index (κ1) is 19.9. The van der Waals surface area contributed by atoms with Crippen LogP contribution < -0.4 is 19.2 Å². The van der Waals surface area contributed by atoms with Gasteiger partial charge in [0.05, 0.1) is 30.9 Å². The van der Waals surface area contributed by atoms with Gasteiger partial charge in [0.15, 0.2) is 0 Å². The lowest BCUT2D eigenvalue weighted by atomic mass is 9.82. The van der Waals surface area contributed by atoms with E-state index in [1.165, 1.54) is 16.7 Å². The second kappa shape index (κ2) is 7.58. The number of aromatic amines is 1. The summed E-state index contributed by atoms with van der Waals surface area (Å²) in [5, 5.41) is 0.00662. The van der Waals surface area contributed by atoms with Crippen LogP contribution in [-0.4, -0.2) is 36.3 Å². The Morgan fingerprint density at radius 1 is 0.935 bits per heavy atom. The quantitative estimate of drug-likeness (QED) is 0.609. The van der Waals surface area contributed by atoms with Crippen molar-refractivity contribution < 1.29 is 19.1 Å². The summed E-state index contributed by atoms with van der Waals surface area (Å²) >= 11 is 2.34. The van der Waals surface area contributed by atoms with Crippen molar-refractivity contribution in [3.8, 4) is 11.5 Å². The lowest BCUT2D eigenvalue weighted by Gasteiger charge is -2.30. The highest BCUT2D eigenvalue weighted by atomic mass is 32.2. The van der Waals surface area contributed by atoms with Gasteiger partial charge < -0.3 is 14.5 Å². The lowest BCUT2D eigenvalue weighted by Crippen LogP contribution is -2.32. The summed E-state index contributed by atoms with van der Waals surface area (Å²) in [5.41, 5.74) is 1.29. The molecular weight excluding hydrogens is 436 g/mol. The number of fused-ring (bicyclic) bond motifs is 2. The van der Waals surface area contributed by atoms with Gasteiger partial charge in [-0.25, -0.2) is 4.90 Å². The van der Waals surface area contributed by atoms with Gasteiger partial charge in [0.2, 0.25) is 11.8 Å². The average molecular weight is 455 g/mol. The first-order valence-electron chi connectivity index (χ1n) is 9.58. The number of hydrogen-bond donors (Lipinski definition) is 1. The van der Waals surface area contributed by atoms with Crippen molar-refractivity contribution in [2.24, 2.45) is 5.92 Å². The molecule has 5 rings (SSSR count). The first-order valence-corrected chi connectivity index (χ1v) is 11.3. The number of nitrogens with one attached hydrogen (secondary N) is 1. The molecule has 31 heavy (non-hydrogen) atoms. The number of ether oxygens (including phenoxy) is 2. The lowest BCUT2D eigenvalue weighted by molar-refractivity contribution is -0.122. The van der Waals surface area contributed by atoms with Crippen LogP contribution in [-0.2, 0) is 9.59 Å². The van der Waals surface area contributed by atoms with Gasteiger partial charge >= 0.3 is 4.87 Å². The van der Waals surface area contributed by atoms with Gasteiger partial charge in [-0.1, -0.05) is 41.3 Å².